The summed E-state index contributed by atoms with van der Waals surface area (Å²) in [7, 11) is 1.61. The smallest absolute Gasteiger partial charge is 0.248 e. The summed E-state index contributed by atoms with van der Waals surface area (Å²) in [5, 5.41) is 5.30. The van der Waals surface area contributed by atoms with Gasteiger partial charge in [0.25, 0.3) is 0 Å². The van der Waals surface area contributed by atoms with E-state index in [1.807, 2.05) is 36.9 Å². The van der Waals surface area contributed by atoms with Crippen LogP contribution in [0.5, 0.6) is 5.75 Å². The van der Waals surface area contributed by atoms with E-state index in [2.05, 4.69) is 38.2 Å². The maximum absolute atomic E-state index is 11.9. The van der Waals surface area contributed by atoms with Crippen molar-refractivity contribution in [3.05, 3.63) is 59.1 Å². The molecule has 2 heterocycles. The number of nitrogens with zero attached hydrogens (tertiary/aromatic N) is 4. The Morgan fingerprint density at radius 3 is 2.77 bits per heavy atom. The number of hydrogen-bond donors (Lipinski definition) is 1. The first-order valence-electron chi connectivity index (χ1n) is 10.1. The lowest BCUT2D eigenvalue weighted by Crippen LogP contribution is -2.11. The van der Waals surface area contributed by atoms with E-state index >= 15 is 0 Å². The fraction of sp³-hybridized carbons (Fsp3) is 0.304. The van der Waals surface area contributed by atoms with Gasteiger partial charge in [-0.05, 0) is 44.0 Å². The molecular weight excluding hydrogens is 458 g/mol. The Balaban J connectivity index is 1.91. The number of carbonyl (C=O) groups is 1. The van der Waals surface area contributed by atoms with E-state index in [-0.39, 0.29) is 5.92 Å². The van der Waals surface area contributed by atoms with E-state index in [0.717, 1.165) is 52.1 Å². The normalized spacial score (nSPS) is 14.6. The van der Waals surface area contributed by atoms with Gasteiger partial charge in [0.2, 0.25) is 5.91 Å². The van der Waals surface area contributed by atoms with Crippen molar-refractivity contribution in [2.24, 2.45) is 5.73 Å². The molecule has 0 spiro atoms. The standard InChI is InChI=1S/C23H24BrN5O2/c1-4-29-18(9-13(2)28-29)23-26-12-17-16-10-14(22(25)30)11-19(31-3)20(16)15(21(17)27-23)7-5-6-8-24/h5-6,9-12,15H,4,7-8H2,1-3H3,(H2,25,30)/b6-5+. The third-order valence-electron chi connectivity index (χ3n) is 5.49. The summed E-state index contributed by atoms with van der Waals surface area (Å²) in [6.45, 7) is 4.74. The van der Waals surface area contributed by atoms with Crippen LogP contribution in [-0.4, -0.2) is 38.1 Å². The lowest BCUT2D eigenvalue weighted by Gasteiger charge is -2.15. The average molecular weight is 482 g/mol. The van der Waals surface area contributed by atoms with E-state index < -0.39 is 5.91 Å². The van der Waals surface area contributed by atoms with E-state index in [1.165, 1.54) is 0 Å². The number of ether oxygens (including phenoxy) is 1. The van der Waals surface area contributed by atoms with E-state index in [1.54, 1.807) is 13.2 Å². The van der Waals surface area contributed by atoms with Crippen LogP contribution in [0.4, 0.5) is 0 Å². The van der Waals surface area contributed by atoms with Crippen LogP contribution in [0.25, 0.3) is 22.6 Å². The molecule has 0 bridgehead atoms. The minimum atomic E-state index is -0.495. The summed E-state index contributed by atoms with van der Waals surface area (Å²) in [6.07, 6.45) is 6.78. The van der Waals surface area contributed by atoms with Gasteiger partial charge in [0.1, 0.15) is 11.4 Å². The number of carbonyl (C=O) groups excluding carboxylic acids is 1. The molecule has 1 aliphatic rings. The number of hydrogen-bond acceptors (Lipinski definition) is 5. The van der Waals surface area contributed by atoms with Crippen LogP contribution >= 0.6 is 15.9 Å². The summed E-state index contributed by atoms with van der Waals surface area (Å²) in [5.74, 6) is 0.762. The van der Waals surface area contributed by atoms with Crippen LogP contribution in [0.1, 0.15) is 46.6 Å². The van der Waals surface area contributed by atoms with Crippen molar-refractivity contribution in [1.82, 2.24) is 19.7 Å². The van der Waals surface area contributed by atoms with E-state index in [9.17, 15) is 4.79 Å². The fourth-order valence-electron chi connectivity index (χ4n) is 4.14. The quantitative estimate of drug-likeness (QED) is 0.402. The second kappa shape index (κ2) is 8.63. The molecule has 2 N–H and O–H groups in total. The van der Waals surface area contributed by atoms with Crippen LogP contribution in [-0.2, 0) is 6.54 Å². The van der Waals surface area contributed by atoms with E-state index in [4.69, 9.17) is 15.5 Å². The van der Waals surface area contributed by atoms with Crippen molar-refractivity contribution in [2.45, 2.75) is 32.7 Å². The molecule has 0 fully saturated rings. The van der Waals surface area contributed by atoms with Gasteiger partial charge in [0.15, 0.2) is 5.82 Å². The molecule has 7 nitrogen and oxygen atoms in total. The summed E-state index contributed by atoms with van der Waals surface area (Å²) in [4.78, 5) is 21.5. The largest absolute Gasteiger partial charge is 0.496 e. The second-order valence-corrected chi connectivity index (χ2v) is 8.04. The Morgan fingerprint density at radius 2 is 2.10 bits per heavy atom. The lowest BCUT2D eigenvalue weighted by atomic mass is 9.94. The summed E-state index contributed by atoms with van der Waals surface area (Å²) in [6, 6.07) is 5.52. The fourth-order valence-corrected chi connectivity index (χ4v) is 4.40. The zero-order chi connectivity index (χ0) is 22.1. The van der Waals surface area contributed by atoms with Gasteiger partial charge in [-0.15, -0.1) is 0 Å². The Labute approximate surface area is 189 Å². The molecular formula is C23H24BrN5O2. The first-order valence-corrected chi connectivity index (χ1v) is 11.2. The van der Waals surface area contributed by atoms with Gasteiger partial charge in [-0.2, -0.15) is 5.10 Å². The number of allylic oxidation sites excluding steroid dienone is 2. The average Bonchev–Trinajstić information content (AvgIpc) is 3.30. The molecule has 1 atom stereocenters. The first kappa shape index (κ1) is 21.2. The SMILES string of the molecule is CCn1nc(C)cc1-c1ncc2c(n1)C(C/C=C/CBr)c1c(OC)cc(C(N)=O)cc1-2. The maximum atomic E-state index is 11.9. The highest BCUT2D eigenvalue weighted by Gasteiger charge is 2.34. The number of rotatable bonds is 7. The molecule has 0 saturated heterocycles. The molecule has 2 aromatic heterocycles. The minimum Gasteiger partial charge on any atom is -0.496 e. The van der Waals surface area contributed by atoms with Gasteiger partial charge in [-0.3, -0.25) is 9.48 Å². The molecule has 31 heavy (non-hydrogen) atoms. The molecule has 1 unspecified atom stereocenters. The Kier molecular flexibility index (Phi) is 5.91. The number of nitrogens with two attached hydrogens (primary N) is 1. The Morgan fingerprint density at radius 1 is 1.29 bits per heavy atom. The predicted molar refractivity (Wildman–Crippen MR) is 124 cm³/mol. The van der Waals surface area contributed by atoms with Crippen molar-refractivity contribution >= 4 is 21.8 Å². The van der Waals surface area contributed by atoms with Gasteiger partial charge < -0.3 is 10.5 Å². The second-order valence-electron chi connectivity index (χ2n) is 7.40. The monoisotopic (exact) mass is 481 g/mol. The number of aromatic nitrogens is 4. The molecule has 1 amide bonds. The number of amides is 1. The number of alkyl halides is 1. The number of benzene rings is 1. The van der Waals surface area contributed by atoms with Gasteiger partial charge in [-0.25, -0.2) is 9.97 Å². The van der Waals surface area contributed by atoms with Gasteiger partial charge in [0.05, 0.1) is 18.5 Å². The number of fused-ring (bicyclic) bond motifs is 3. The topological polar surface area (TPSA) is 95.9 Å². The van der Waals surface area contributed by atoms with Gasteiger partial charge in [0, 0.05) is 40.7 Å². The van der Waals surface area contributed by atoms with Crippen LogP contribution in [0.3, 0.4) is 0 Å². The van der Waals surface area contributed by atoms with Crippen LogP contribution in [0.2, 0.25) is 0 Å². The van der Waals surface area contributed by atoms with Crippen LogP contribution in [0.15, 0.2) is 36.5 Å². The zero-order valence-electron chi connectivity index (χ0n) is 17.7. The first-order chi connectivity index (χ1) is 15.0. The highest BCUT2D eigenvalue weighted by atomic mass is 79.9. The van der Waals surface area contributed by atoms with Gasteiger partial charge >= 0.3 is 0 Å². The zero-order valence-corrected chi connectivity index (χ0v) is 19.3. The van der Waals surface area contributed by atoms with Crippen molar-refractivity contribution < 1.29 is 9.53 Å². The summed E-state index contributed by atoms with van der Waals surface area (Å²) < 4.78 is 7.57. The molecule has 160 valence electrons. The number of aryl methyl sites for hydroxylation is 2. The Bertz CT molecular complexity index is 1180. The maximum Gasteiger partial charge on any atom is 0.248 e. The molecule has 0 aliphatic heterocycles. The number of methoxy groups -OCH3 is 1. The highest BCUT2D eigenvalue weighted by molar-refractivity contribution is 9.09. The van der Waals surface area contributed by atoms with E-state index in [0.29, 0.717) is 17.1 Å². The van der Waals surface area contributed by atoms with Crippen molar-refractivity contribution in [3.63, 3.8) is 0 Å². The molecule has 4 rings (SSSR count). The third-order valence-corrected chi connectivity index (χ3v) is 5.87. The molecule has 0 saturated carbocycles. The Hall–Kier alpha value is -3.00. The van der Waals surface area contributed by atoms with Crippen LogP contribution < -0.4 is 10.5 Å². The predicted octanol–water partition coefficient (Wildman–Crippen LogP) is 4.23. The molecule has 3 aromatic rings. The van der Waals surface area contributed by atoms with Crippen LogP contribution in [0, 0.1) is 6.92 Å². The lowest BCUT2D eigenvalue weighted by molar-refractivity contribution is 0.1000. The number of halogens is 1. The molecule has 0 radical (unpaired) electrons. The third kappa shape index (κ3) is 3.76. The minimum absolute atomic E-state index is 0.0157. The van der Waals surface area contributed by atoms with Crippen molar-refractivity contribution in [2.75, 3.05) is 12.4 Å². The van der Waals surface area contributed by atoms with Gasteiger partial charge in [-0.1, -0.05) is 28.1 Å². The van der Waals surface area contributed by atoms with Crippen molar-refractivity contribution in [1.29, 1.82) is 0 Å². The number of primary amides is 1. The molecule has 1 aliphatic carbocycles. The molecule has 1 aromatic carbocycles. The van der Waals surface area contributed by atoms with Crippen molar-refractivity contribution in [3.8, 4) is 28.4 Å². The summed E-state index contributed by atoms with van der Waals surface area (Å²) >= 11 is 3.44. The highest BCUT2D eigenvalue weighted by Crippen LogP contribution is 2.50. The summed E-state index contributed by atoms with van der Waals surface area (Å²) in [5.41, 5.74) is 11.5. The molecule has 8 heteroatoms.